The highest BCUT2D eigenvalue weighted by molar-refractivity contribution is 6.00. The lowest BCUT2D eigenvalue weighted by molar-refractivity contribution is 0.0601. The van der Waals surface area contributed by atoms with Crippen LogP contribution in [0.15, 0.2) is 32.9 Å². The summed E-state index contributed by atoms with van der Waals surface area (Å²) in [4.78, 5) is 23.1. The van der Waals surface area contributed by atoms with Gasteiger partial charge in [-0.15, -0.1) is 20.5 Å². The van der Waals surface area contributed by atoms with Crippen LogP contribution in [0, 0.1) is 13.8 Å². The molecule has 18 heteroatoms. The number of ketones is 1. The molecule has 4 heterocycles. The van der Waals surface area contributed by atoms with Crippen LogP contribution < -0.4 is 11.5 Å². The molecule has 0 atom stereocenters. The van der Waals surface area contributed by atoms with E-state index in [4.69, 9.17) is 16.6 Å². The summed E-state index contributed by atoms with van der Waals surface area (Å²) >= 11 is 0. The minimum atomic E-state index is -0.609. The third kappa shape index (κ3) is 6.67. The van der Waals surface area contributed by atoms with E-state index >= 15 is 0 Å². The number of aliphatic hydroxyl groups excluding tert-OH is 1. The third-order valence-electron chi connectivity index (χ3n) is 5.62. The van der Waals surface area contributed by atoms with Gasteiger partial charge in [0.1, 0.15) is 23.8 Å². The first-order chi connectivity index (χ1) is 18.9. The number of carbonyl (C=O) groups excluding carboxylic acids is 2. The minimum Gasteiger partial charge on any atom is -0.465 e. The summed E-state index contributed by atoms with van der Waals surface area (Å²) < 4.78 is 10.5. The first-order valence-electron chi connectivity index (χ1n) is 11.6. The highest BCUT2D eigenvalue weighted by atomic mass is 16.5. The zero-order chi connectivity index (χ0) is 29.7. The molecule has 5 N–H and O–H groups in total. The molecule has 4 aromatic rings. The van der Waals surface area contributed by atoms with Crippen LogP contribution >= 0.6 is 0 Å². The van der Waals surface area contributed by atoms with Crippen molar-refractivity contribution in [1.82, 2.24) is 39.1 Å². The van der Waals surface area contributed by atoms with Crippen LogP contribution in [0.1, 0.15) is 39.5 Å². The first kappa shape index (κ1) is 32.0. The Morgan fingerprint density at radius 2 is 1.22 bits per heavy atom. The maximum absolute atomic E-state index is 11.6. The molecule has 41 heavy (non-hydrogen) atoms. The number of nitrogens with zero attached hydrogens (tertiary/aromatic N) is 12. The maximum atomic E-state index is 11.6. The van der Waals surface area contributed by atoms with Crippen molar-refractivity contribution in [3.05, 3.63) is 34.9 Å². The molecule has 4 aromatic heterocycles. The highest BCUT2D eigenvalue weighted by Gasteiger charge is 2.18. The van der Waals surface area contributed by atoms with Gasteiger partial charge < -0.3 is 21.3 Å². The fourth-order valence-electron chi connectivity index (χ4n) is 3.41. The van der Waals surface area contributed by atoms with Crippen LogP contribution in [-0.2, 0) is 32.9 Å². The number of rotatable bonds is 7. The van der Waals surface area contributed by atoms with Crippen molar-refractivity contribution < 1.29 is 19.4 Å². The normalized spacial score (nSPS) is 11.0. The van der Waals surface area contributed by atoms with Crippen molar-refractivity contribution in [2.24, 2.45) is 48.6 Å². The van der Waals surface area contributed by atoms with Crippen LogP contribution in [0.3, 0.4) is 0 Å². The molecular weight excluding hydrogens is 536 g/mol. The lowest BCUT2D eigenvalue weighted by atomic mass is 10.2. The van der Waals surface area contributed by atoms with Gasteiger partial charge in [-0.1, -0.05) is 7.43 Å². The molecule has 220 valence electrons. The molecule has 0 unspecified atom stereocenters. The van der Waals surface area contributed by atoms with Gasteiger partial charge in [0.2, 0.25) is 0 Å². The molecule has 0 aliphatic rings. The molecule has 0 fully saturated rings. The minimum absolute atomic E-state index is 0. The average Bonchev–Trinajstić information content (AvgIpc) is 3.62. The summed E-state index contributed by atoms with van der Waals surface area (Å²) in [6.07, 6.45) is 2.71. The molecule has 0 spiro atoms. The maximum Gasteiger partial charge on any atom is 0.343 e. The number of anilines is 2. The summed E-state index contributed by atoms with van der Waals surface area (Å²) in [5.41, 5.74) is 14.3. The Balaban J connectivity index is 0.000000280. The topological polar surface area (TPSA) is 236 Å². The van der Waals surface area contributed by atoms with E-state index < -0.39 is 18.4 Å². The molecule has 0 radical (unpaired) electrons. The molecule has 0 saturated carbocycles. The summed E-state index contributed by atoms with van der Waals surface area (Å²) in [5, 5.41) is 41.2. The van der Waals surface area contributed by atoms with Gasteiger partial charge in [0.25, 0.3) is 0 Å². The number of nitrogens with two attached hydrogens (primary N) is 2. The average molecular weight is 571 g/mol. The van der Waals surface area contributed by atoms with Crippen LogP contribution in [0.5, 0.6) is 0 Å². The van der Waals surface area contributed by atoms with E-state index in [0.29, 0.717) is 40.2 Å². The van der Waals surface area contributed by atoms with E-state index in [1.54, 1.807) is 42.0 Å². The Kier molecular flexibility index (Phi) is 10.3. The molecular formula is C23H34N14O4. The number of hydrogen-bond donors (Lipinski definition) is 3. The van der Waals surface area contributed by atoms with E-state index in [-0.39, 0.29) is 24.4 Å². The van der Waals surface area contributed by atoms with Crippen LogP contribution in [0.25, 0.3) is 0 Å². The first-order valence-corrected chi connectivity index (χ1v) is 11.6. The number of aromatic nitrogens is 8. The van der Waals surface area contributed by atoms with Gasteiger partial charge in [-0.2, -0.15) is 20.4 Å². The van der Waals surface area contributed by atoms with Gasteiger partial charge in [-0.25, -0.2) is 14.2 Å². The SMILES string of the molecule is C.COC(=O)c1cnn(C)c1N=Nc1c(C)nn(C)c1N.Cc1nn(C)c(N)c1N=Nc1c(C(=O)CO)cnn1C. The van der Waals surface area contributed by atoms with E-state index in [1.807, 2.05) is 0 Å². The van der Waals surface area contributed by atoms with E-state index in [1.165, 1.54) is 38.2 Å². The van der Waals surface area contributed by atoms with Gasteiger partial charge >= 0.3 is 5.97 Å². The van der Waals surface area contributed by atoms with Crippen molar-refractivity contribution in [1.29, 1.82) is 0 Å². The van der Waals surface area contributed by atoms with Gasteiger partial charge in [0, 0.05) is 28.2 Å². The van der Waals surface area contributed by atoms with E-state index in [2.05, 4.69) is 45.6 Å². The Morgan fingerprint density at radius 1 is 0.805 bits per heavy atom. The summed E-state index contributed by atoms with van der Waals surface area (Å²) in [6.45, 7) is 2.92. The highest BCUT2D eigenvalue weighted by Crippen LogP contribution is 2.30. The predicted molar refractivity (Wildman–Crippen MR) is 149 cm³/mol. The zero-order valence-corrected chi connectivity index (χ0v) is 23.1. The Hall–Kier alpha value is -5.26. The van der Waals surface area contributed by atoms with Crippen LogP contribution in [0.4, 0.5) is 34.6 Å². The second-order valence-corrected chi connectivity index (χ2v) is 8.37. The number of nitrogen functional groups attached to an aromatic ring is 2. The lowest BCUT2D eigenvalue weighted by Crippen LogP contribution is -2.03. The summed E-state index contributed by atoms with van der Waals surface area (Å²) in [7, 11) is 7.99. The number of hydrogen-bond acceptors (Lipinski definition) is 14. The van der Waals surface area contributed by atoms with Crippen molar-refractivity contribution in [2.45, 2.75) is 21.3 Å². The number of carbonyl (C=O) groups is 2. The second kappa shape index (κ2) is 13.2. The van der Waals surface area contributed by atoms with E-state index in [0.717, 1.165) is 0 Å². The molecule has 0 aliphatic heterocycles. The largest absolute Gasteiger partial charge is 0.465 e. The number of esters is 1. The molecule has 0 saturated heterocycles. The Labute approximate surface area is 235 Å². The molecule has 0 amide bonds. The fraction of sp³-hybridized carbons (Fsp3) is 0.391. The van der Waals surface area contributed by atoms with Gasteiger partial charge in [0.05, 0.1) is 36.5 Å². The quantitative estimate of drug-likeness (QED) is 0.167. The number of azo groups is 2. The number of Topliss-reactive ketones (excluding diaryl/α,β-unsaturated/α-hetero) is 1. The van der Waals surface area contributed by atoms with Gasteiger partial charge in [0.15, 0.2) is 28.8 Å². The Morgan fingerprint density at radius 3 is 1.59 bits per heavy atom. The number of aliphatic hydroxyl groups is 1. The second-order valence-electron chi connectivity index (χ2n) is 8.37. The van der Waals surface area contributed by atoms with Crippen LogP contribution in [0.2, 0.25) is 0 Å². The molecule has 18 nitrogen and oxygen atoms in total. The summed E-state index contributed by atoms with van der Waals surface area (Å²) in [6, 6.07) is 0. The van der Waals surface area contributed by atoms with Crippen molar-refractivity contribution in [2.75, 3.05) is 25.2 Å². The van der Waals surface area contributed by atoms with Crippen LogP contribution in [-0.4, -0.2) is 69.7 Å². The number of aryl methyl sites for hydroxylation is 6. The standard InChI is InChI=1S/2C11H15N7O2.CH4/c1-6-8(9(12)17(2)16-6)14-15-10-7(11(19)20-4)5-13-18(10)3;1-6-9(10(12)17(2)16-6)14-15-11-7(8(20)5-19)4-13-18(11)3;/h5H,12H2,1-4H3;4,19H,5,12H2,1-3H3;1H4. The predicted octanol–water partition coefficient (Wildman–Crippen LogP) is 2.52. The third-order valence-corrected chi connectivity index (χ3v) is 5.62. The Bertz CT molecular complexity index is 1490. The molecule has 4 rings (SSSR count). The zero-order valence-electron chi connectivity index (χ0n) is 23.1. The van der Waals surface area contributed by atoms with Crippen molar-refractivity contribution in [3.63, 3.8) is 0 Å². The molecule has 0 aliphatic carbocycles. The van der Waals surface area contributed by atoms with Gasteiger partial charge in [-0.05, 0) is 13.8 Å². The monoisotopic (exact) mass is 570 g/mol. The van der Waals surface area contributed by atoms with Crippen molar-refractivity contribution >= 4 is 46.4 Å². The van der Waals surface area contributed by atoms with E-state index in [9.17, 15) is 9.59 Å². The molecule has 0 aromatic carbocycles. The van der Waals surface area contributed by atoms with Crippen molar-refractivity contribution in [3.8, 4) is 0 Å². The smallest absolute Gasteiger partial charge is 0.343 e. The van der Waals surface area contributed by atoms with Gasteiger partial charge in [-0.3, -0.25) is 14.2 Å². The number of methoxy groups -OCH3 is 1. The lowest BCUT2D eigenvalue weighted by Gasteiger charge is -1.98. The summed E-state index contributed by atoms with van der Waals surface area (Å²) in [5.74, 6) is 0.327. The number of ether oxygens (including phenoxy) is 1. The fourth-order valence-corrected chi connectivity index (χ4v) is 3.41. The molecule has 0 bridgehead atoms.